The summed E-state index contributed by atoms with van der Waals surface area (Å²) in [5, 5.41) is 5.84. The Kier molecular flexibility index (Phi) is 7.57. The average molecular weight is 412 g/mol. The largest absolute Gasteiger partial charge is 0.352 e. The van der Waals surface area contributed by atoms with Crippen LogP contribution in [-0.4, -0.2) is 36.3 Å². The normalized spacial score (nSPS) is 15.0. The van der Waals surface area contributed by atoms with Crippen LogP contribution >= 0.6 is 0 Å². The zero-order valence-corrected chi connectivity index (χ0v) is 17.7. The zero-order valence-electron chi connectivity index (χ0n) is 17.7. The standard InChI is InChI=1S/C24H30FN3O2/c1-3-18-6-8-21(9-7-18)27-23(29)16-28-12-10-20(11-13-28)24(30)26-15-19-5-4-17(2)22(25)14-19/h4-9,14,20H,3,10-13,15-16H2,1-2H3,(H,26,30)(H,27,29). The van der Waals surface area contributed by atoms with Crippen molar-refractivity contribution in [1.82, 2.24) is 10.2 Å². The second-order valence-electron chi connectivity index (χ2n) is 7.95. The number of likely N-dealkylation sites (tertiary alicyclic amines) is 1. The number of halogens is 1. The number of hydrogen-bond acceptors (Lipinski definition) is 3. The molecule has 3 rings (SSSR count). The lowest BCUT2D eigenvalue weighted by Crippen LogP contribution is -2.43. The Hall–Kier alpha value is -2.73. The molecule has 5 nitrogen and oxygen atoms in total. The third-order valence-electron chi connectivity index (χ3n) is 5.67. The van der Waals surface area contributed by atoms with Crippen LogP contribution in [0, 0.1) is 18.7 Å². The molecule has 6 heteroatoms. The quantitative estimate of drug-likeness (QED) is 0.731. The first-order valence-electron chi connectivity index (χ1n) is 10.6. The van der Waals surface area contributed by atoms with Crippen molar-refractivity contribution in [3.63, 3.8) is 0 Å². The van der Waals surface area contributed by atoms with Gasteiger partial charge < -0.3 is 10.6 Å². The van der Waals surface area contributed by atoms with E-state index in [-0.39, 0.29) is 23.5 Å². The van der Waals surface area contributed by atoms with E-state index in [0.29, 0.717) is 44.6 Å². The summed E-state index contributed by atoms with van der Waals surface area (Å²) in [6.07, 6.45) is 2.40. The minimum Gasteiger partial charge on any atom is -0.352 e. The number of carbonyl (C=O) groups excluding carboxylic acids is 2. The number of carbonyl (C=O) groups is 2. The van der Waals surface area contributed by atoms with Gasteiger partial charge in [-0.05, 0) is 74.2 Å². The van der Waals surface area contributed by atoms with Gasteiger partial charge in [0.1, 0.15) is 5.82 Å². The van der Waals surface area contributed by atoms with Gasteiger partial charge in [-0.15, -0.1) is 0 Å². The number of aryl methyl sites for hydroxylation is 2. The predicted molar refractivity (Wildman–Crippen MR) is 117 cm³/mol. The summed E-state index contributed by atoms with van der Waals surface area (Å²) >= 11 is 0. The third-order valence-corrected chi connectivity index (χ3v) is 5.67. The van der Waals surface area contributed by atoms with Crippen LogP contribution in [0.4, 0.5) is 10.1 Å². The molecule has 0 saturated carbocycles. The Morgan fingerprint density at radius 2 is 1.73 bits per heavy atom. The van der Waals surface area contributed by atoms with Crippen molar-refractivity contribution in [2.75, 3.05) is 25.0 Å². The first-order valence-corrected chi connectivity index (χ1v) is 10.6. The smallest absolute Gasteiger partial charge is 0.238 e. The van der Waals surface area contributed by atoms with E-state index in [1.807, 2.05) is 30.3 Å². The summed E-state index contributed by atoms with van der Waals surface area (Å²) in [4.78, 5) is 26.8. The van der Waals surface area contributed by atoms with Crippen molar-refractivity contribution in [3.8, 4) is 0 Å². The predicted octanol–water partition coefficient (Wildman–Crippen LogP) is 3.66. The molecule has 30 heavy (non-hydrogen) atoms. The molecule has 2 aromatic carbocycles. The van der Waals surface area contributed by atoms with Gasteiger partial charge in [0.2, 0.25) is 11.8 Å². The SMILES string of the molecule is CCc1ccc(NC(=O)CN2CCC(C(=O)NCc3ccc(C)c(F)c3)CC2)cc1. The van der Waals surface area contributed by atoms with E-state index in [1.54, 1.807) is 13.0 Å². The van der Waals surface area contributed by atoms with Crippen molar-refractivity contribution in [1.29, 1.82) is 0 Å². The van der Waals surface area contributed by atoms with Crippen LogP contribution in [0.1, 0.15) is 36.5 Å². The topological polar surface area (TPSA) is 61.4 Å². The maximum atomic E-state index is 13.6. The van der Waals surface area contributed by atoms with Crippen molar-refractivity contribution < 1.29 is 14.0 Å². The van der Waals surface area contributed by atoms with Crippen LogP contribution in [0.25, 0.3) is 0 Å². The highest BCUT2D eigenvalue weighted by atomic mass is 19.1. The molecule has 0 unspecified atom stereocenters. The fraction of sp³-hybridized carbons (Fsp3) is 0.417. The second kappa shape index (κ2) is 10.3. The van der Waals surface area contributed by atoms with E-state index in [1.165, 1.54) is 11.6 Å². The molecule has 0 atom stereocenters. The summed E-state index contributed by atoms with van der Waals surface area (Å²) in [5.74, 6) is -0.365. The maximum Gasteiger partial charge on any atom is 0.238 e. The molecule has 160 valence electrons. The fourth-order valence-corrected chi connectivity index (χ4v) is 3.66. The van der Waals surface area contributed by atoms with E-state index in [9.17, 15) is 14.0 Å². The highest BCUT2D eigenvalue weighted by molar-refractivity contribution is 5.92. The molecule has 2 amide bonds. The van der Waals surface area contributed by atoms with Gasteiger partial charge in [0.25, 0.3) is 0 Å². The maximum absolute atomic E-state index is 13.6. The van der Waals surface area contributed by atoms with E-state index in [2.05, 4.69) is 22.5 Å². The summed E-state index contributed by atoms with van der Waals surface area (Å²) in [5.41, 5.74) is 3.40. The number of rotatable bonds is 7. The Balaban J connectivity index is 1.39. The number of piperidine rings is 1. The van der Waals surface area contributed by atoms with Gasteiger partial charge in [-0.1, -0.05) is 31.2 Å². The van der Waals surface area contributed by atoms with Crippen LogP contribution in [0.3, 0.4) is 0 Å². The van der Waals surface area contributed by atoms with Gasteiger partial charge in [0, 0.05) is 18.2 Å². The first kappa shape index (κ1) is 22.0. The molecule has 1 aliphatic heterocycles. The molecule has 0 bridgehead atoms. The van der Waals surface area contributed by atoms with Crippen LogP contribution in [0.2, 0.25) is 0 Å². The van der Waals surface area contributed by atoms with Crippen molar-refractivity contribution in [2.24, 2.45) is 5.92 Å². The Bertz CT molecular complexity index is 875. The zero-order chi connectivity index (χ0) is 21.5. The summed E-state index contributed by atoms with van der Waals surface area (Å²) in [6.45, 7) is 5.88. The van der Waals surface area contributed by atoms with Crippen LogP contribution in [0.15, 0.2) is 42.5 Å². The average Bonchev–Trinajstić information content (AvgIpc) is 2.75. The third kappa shape index (κ3) is 6.13. The fourth-order valence-electron chi connectivity index (χ4n) is 3.66. The summed E-state index contributed by atoms with van der Waals surface area (Å²) < 4.78 is 13.6. The number of anilines is 1. The first-order chi connectivity index (χ1) is 14.4. The number of hydrogen-bond donors (Lipinski definition) is 2. The minimum absolute atomic E-state index is 0.00361. The van der Waals surface area contributed by atoms with Gasteiger partial charge in [-0.3, -0.25) is 14.5 Å². The minimum atomic E-state index is -0.255. The van der Waals surface area contributed by atoms with Gasteiger partial charge >= 0.3 is 0 Å². The molecule has 2 aromatic rings. The lowest BCUT2D eigenvalue weighted by molar-refractivity contribution is -0.126. The number of amides is 2. The van der Waals surface area contributed by atoms with Gasteiger partial charge in [0.15, 0.2) is 0 Å². The Labute approximate surface area is 177 Å². The van der Waals surface area contributed by atoms with Gasteiger partial charge in [0.05, 0.1) is 6.54 Å². The lowest BCUT2D eigenvalue weighted by Gasteiger charge is -2.30. The Morgan fingerprint density at radius 3 is 2.37 bits per heavy atom. The molecule has 1 heterocycles. The molecule has 0 aliphatic carbocycles. The Morgan fingerprint density at radius 1 is 1.07 bits per heavy atom. The lowest BCUT2D eigenvalue weighted by atomic mass is 9.95. The molecular formula is C24H30FN3O2. The van der Waals surface area contributed by atoms with Crippen molar-refractivity contribution in [3.05, 3.63) is 65.0 Å². The number of benzene rings is 2. The molecule has 2 N–H and O–H groups in total. The van der Waals surface area contributed by atoms with Crippen LogP contribution < -0.4 is 10.6 Å². The van der Waals surface area contributed by atoms with Crippen LogP contribution in [0.5, 0.6) is 0 Å². The van der Waals surface area contributed by atoms with E-state index in [0.717, 1.165) is 17.7 Å². The highest BCUT2D eigenvalue weighted by Gasteiger charge is 2.25. The second-order valence-corrected chi connectivity index (χ2v) is 7.95. The summed E-state index contributed by atoms with van der Waals surface area (Å²) in [7, 11) is 0. The summed E-state index contributed by atoms with van der Waals surface area (Å²) in [6, 6.07) is 12.9. The molecule has 0 radical (unpaired) electrons. The molecular weight excluding hydrogens is 381 g/mol. The van der Waals surface area contributed by atoms with E-state index in [4.69, 9.17) is 0 Å². The molecule has 0 aromatic heterocycles. The van der Waals surface area contributed by atoms with E-state index < -0.39 is 0 Å². The molecule has 1 saturated heterocycles. The molecule has 0 spiro atoms. The van der Waals surface area contributed by atoms with E-state index >= 15 is 0 Å². The number of nitrogens with zero attached hydrogens (tertiary/aromatic N) is 1. The van der Waals surface area contributed by atoms with Gasteiger partial charge in [-0.25, -0.2) is 4.39 Å². The van der Waals surface area contributed by atoms with Crippen molar-refractivity contribution in [2.45, 2.75) is 39.7 Å². The number of nitrogens with one attached hydrogen (secondary N) is 2. The monoisotopic (exact) mass is 411 g/mol. The van der Waals surface area contributed by atoms with Gasteiger partial charge in [-0.2, -0.15) is 0 Å². The van der Waals surface area contributed by atoms with Crippen LogP contribution in [-0.2, 0) is 22.6 Å². The molecule has 1 fully saturated rings. The van der Waals surface area contributed by atoms with Crippen molar-refractivity contribution >= 4 is 17.5 Å². The molecule has 1 aliphatic rings. The highest BCUT2D eigenvalue weighted by Crippen LogP contribution is 2.18.